The molecule has 0 aromatic heterocycles. The highest BCUT2D eigenvalue weighted by Crippen LogP contribution is 2.33. The minimum atomic E-state index is -4.31. The van der Waals surface area contributed by atoms with Gasteiger partial charge in [0.05, 0.1) is 11.5 Å². The number of halogens is 3. The molecule has 0 radical (unpaired) electrons. The molecule has 8 heteroatoms. The molecule has 0 bridgehead atoms. The van der Waals surface area contributed by atoms with Gasteiger partial charge < -0.3 is 10.4 Å². The van der Waals surface area contributed by atoms with Crippen LogP contribution < -0.4 is 5.32 Å². The van der Waals surface area contributed by atoms with E-state index in [1.165, 1.54) is 0 Å². The lowest BCUT2D eigenvalue weighted by molar-refractivity contribution is -0.141. The third kappa shape index (κ3) is 6.73. The number of carbonyl (C=O) groups excluding carboxylic acids is 1. The number of carboxylic acid groups (broad SMARTS) is 1. The minimum absolute atomic E-state index is 0.314. The molecule has 0 spiro atoms. The summed E-state index contributed by atoms with van der Waals surface area (Å²) in [7, 11) is 0. The molecule has 104 valence electrons. The average molecular weight is 285 g/mol. The first-order chi connectivity index (χ1) is 8.28. The fourth-order valence-corrected chi connectivity index (χ4v) is 2.01. The average Bonchev–Trinajstić information content (AvgIpc) is 2.98. The fourth-order valence-electron chi connectivity index (χ4n) is 1.40. The van der Waals surface area contributed by atoms with Crippen molar-refractivity contribution in [1.82, 2.24) is 5.32 Å². The molecule has 0 saturated heterocycles. The molecule has 2 N–H and O–H groups in total. The molecular formula is C10H14F3NO3S. The number of rotatable bonds is 7. The van der Waals surface area contributed by atoms with Crippen molar-refractivity contribution in [3.05, 3.63) is 0 Å². The molecule has 0 aliphatic heterocycles. The zero-order chi connectivity index (χ0) is 13.8. The van der Waals surface area contributed by atoms with Gasteiger partial charge in [0.25, 0.3) is 0 Å². The number of alkyl halides is 3. The molecule has 1 amide bonds. The number of thioether (sulfide) groups is 1. The first kappa shape index (κ1) is 15.1. The summed E-state index contributed by atoms with van der Waals surface area (Å²) in [6.07, 6.45) is -2.07. The number of hydrogen-bond acceptors (Lipinski definition) is 3. The summed E-state index contributed by atoms with van der Waals surface area (Å²) in [5.74, 6) is -2.99. The highest BCUT2D eigenvalue weighted by molar-refractivity contribution is 8.00. The van der Waals surface area contributed by atoms with Gasteiger partial charge in [-0.05, 0) is 12.3 Å². The lowest BCUT2D eigenvalue weighted by Crippen LogP contribution is -2.42. The molecule has 4 nitrogen and oxygen atoms in total. The van der Waals surface area contributed by atoms with Crippen molar-refractivity contribution in [1.29, 1.82) is 0 Å². The van der Waals surface area contributed by atoms with E-state index in [2.05, 4.69) is 5.32 Å². The standard InChI is InChI=1S/C10H14F3NO3S/c11-10(12,13)5-18-4-8(15)14-7(9(16)17)3-6-1-2-6/h6-7H,1-5H2,(H,14,15)(H,16,17). The smallest absolute Gasteiger partial charge is 0.397 e. The highest BCUT2D eigenvalue weighted by atomic mass is 32.2. The van der Waals surface area contributed by atoms with Crippen LogP contribution in [0.1, 0.15) is 19.3 Å². The maximum atomic E-state index is 11.8. The first-order valence-corrected chi connectivity index (χ1v) is 6.60. The van der Waals surface area contributed by atoms with Gasteiger partial charge in [0.15, 0.2) is 0 Å². The van der Waals surface area contributed by atoms with Crippen molar-refractivity contribution in [2.24, 2.45) is 5.92 Å². The van der Waals surface area contributed by atoms with Gasteiger partial charge >= 0.3 is 12.1 Å². The molecule has 1 aliphatic carbocycles. The SMILES string of the molecule is O=C(CSCC(F)(F)F)NC(CC1CC1)C(=O)O. The Morgan fingerprint density at radius 2 is 2.00 bits per heavy atom. The molecule has 1 atom stereocenters. The molecule has 1 unspecified atom stereocenters. The van der Waals surface area contributed by atoms with Gasteiger partial charge in [-0.1, -0.05) is 12.8 Å². The maximum absolute atomic E-state index is 11.8. The summed E-state index contributed by atoms with van der Waals surface area (Å²) in [4.78, 5) is 22.1. The number of hydrogen-bond donors (Lipinski definition) is 2. The molecule has 1 aliphatic rings. The Morgan fingerprint density at radius 1 is 1.39 bits per heavy atom. The van der Waals surface area contributed by atoms with E-state index in [-0.39, 0.29) is 5.75 Å². The zero-order valence-corrected chi connectivity index (χ0v) is 10.3. The molecule has 0 aromatic carbocycles. The van der Waals surface area contributed by atoms with E-state index in [1.54, 1.807) is 0 Å². The Balaban J connectivity index is 2.25. The number of carbonyl (C=O) groups is 2. The van der Waals surface area contributed by atoms with Crippen molar-refractivity contribution < 1.29 is 27.9 Å². The molecule has 18 heavy (non-hydrogen) atoms. The van der Waals surface area contributed by atoms with E-state index in [0.717, 1.165) is 12.8 Å². The van der Waals surface area contributed by atoms with Crippen LogP contribution in [-0.2, 0) is 9.59 Å². The lowest BCUT2D eigenvalue weighted by Gasteiger charge is -2.14. The predicted molar refractivity (Wildman–Crippen MR) is 60.3 cm³/mol. The van der Waals surface area contributed by atoms with Crippen LogP contribution in [0.4, 0.5) is 13.2 Å². The number of nitrogens with one attached hydrogen (secondary N) is 1. The Labute approximate surface area is 106 Å². The van der Waals surface area contributed by atoms with E-state index < -0.39 is 29.8 Å². The second kappa shape index (κ2) is 6.31. The van der Waals surface area contributed by atoms with Gasteiger partial charge in [-0.25, -0.2) is 4.79 Å². The van der Waals surface area contributed by atoms with Gasteiger partial charge in [-0.2, -0.15) is 13.2 Å². The fraction of sp³-hybridized carbons (Fsp3) is 0.800. The van der Waals surface area contributed by atoms with Crippen LogP contribution in [-0.4, -0.2) is 40.7 Å². The largest absolute Gasteiger partial charge is 0.480 e. The Kier molecular flexibility index (Phi) is 5.30. The van der Waals surface area contributed by atoms with Crippen molar-refractivity contribution in [3.63, 3.8) is 0 Å². The summed E-state index contributed by atoms with van der Waals surface area (Å²) >= 11 is 0.427. The van der Waals surface area contributed by atoms with Crippen molar-refractivity contribution >= 4 is 23.6 Å². The van der Waals surface area contributed by atoms with Crippen molar-refractivity contribution in [3.8, 4) is 0 Å². The van der Waals surface area contributed by atoms with Gasteiger partial charge in [0.1, 0.15) is 6.04 Å². The van der Waals surface area contributed by atoms with E-state index in [9.17, 15) is 22.8 Å². The normalized spacial score (nSPS) is 17.3. The third-order valence-corrected chi connectivity index (χ3v) is 3.40. The van der Waals surface area contributed by atoms with Crippen molar-refractivity contribution in [2.75, 3.05) is 11.5 Å². The van der Waals surface area contributed by atoms with Crippen LogP contribution in [0.2, 0.25) is 0 Å². The van der Waals surface area contributed by atoms with Crippen LogP contribution in [0.5, 0.6) is 0 Å². The van der Waals surface area contributed by atoms with E-state index in [1.807, 2.05) is 0 Å². The summed E-state index contributed by atoms with van der Waals surface area (Å²) in [6, 6.07) is -0.989. The first-order valence-electron chi connectivity index (χ1n) is 5.44. The van der Waals surface area contributed by atoms with Gasteiger partial charge in [-0.15, -0.1) is 11.8 Å². The van der Waals surface area contributed by atoms with Crippen LogP contribution in [0.25, 0.3) is 0 Å². The van der Waals surface area contributed by atoms with E-state index >= 15 is 0 Å². The predicted octanol–water partition coefficient (Wildman–Crippen LogP) is 1.65. The molecule has 0 heterocycles. The number of amides is 1. The molecule has 1 saturated carbocycles. The zero-order valence-electron chi connectivity index (χ0n) is 9.50. The summed E-state index contributed by atoms with van der Waals surface area (Å²) in [5.41, 5.74) is 0. The summed E-state index contributed by atoms with van der Waals surface area (Å²) in [6.45, 7) is 0. The van der Waals surface area contributed by atoms with E-state index in [0.29, 0.717) is 24.1 Å². The van der Waals surface area contributed by atoms with E-state index in [4.69, 9.17) is 5.11 Å². The quantitative estimate of drug-likeness (QED) is 0.746. The topological polar surface area (TPSA) is 66.4 Å². The Hall–Kier alpha value is -0.920. The monoisotopic (exact) mass is 285 g/mol. The second-order valence-corrected chi connectivity index (χ2v) is 5.23. The lowest BCUT2D eigenvalue weighted by atomic mass is 10.1. The number of aliphatic carboxylic acids is 1. The van der Waals surface area contributed by atoms with Crippen LogP contribution in [0, 0.1) is 5.92 Å². The maximum Gasteiger partial charge on any atom is 0.397 e. The molecule has 0 aromatic rings. The molecule has 1 rings (SSSR count). The highest BCUT2D eigenvalue weighted by Gasteiger charge is 2.31. The van der Waals surface area contributed by atoms with Crippen LogP contribution in [0.3, 0.4) is 0 Å². The molecular weight excluding hydrogens is 271 g/mol. The number of carboxylic acids is 1. The summed E-state index contributed by atoms with van der Waals surface area (Å²) in [5, 5.41) is 11.1. The Morgan fingerprint density at radius 3 is 2.44 bits per heavy atom. The molecule has 1 fully saturated rings. The van der Waals surface area contributed by atoms with Crippen LogP contribution in [0.15, 0.2) is 0 Å². The second-order valence-electron chi connectivity index (χ2n) is 4.25. The minimum Gasteiger partial charge on any atom is -0.480 e. The Bertz CT molecular complexity index is 318. The van der Waals surface area contributed by atoms with Gasteiger partial charge in [0, 0.05) is 0 Å². The van der Waals surface area contributed by atoms with Gasteiger partial charge in [-0.3, -0.25) is 4.79 Å². The summed E-state index contributed by atoms with van der Waals surface area (Å²) < 4.78 is 35.5. The van der Waals surface area contributed by atoms with Crippen LogP contribution >= 0.6 is 11.8 Å². The third-order valence-electron chi connectivity index (χ3n) is 2.40. The van der Waals surface area contributed by atoms with Gasteiger partial charge in [0.2, 0.25) is 5.91 Å². The van der Waals surface area contributed by atoms with Crippen molar-refractivity contribution in [2.45, 2.75) is 31.5 Å².